The number of hydrogen-bond donors (Lipinski definition) is 2. The number of phenols is 1. The third kappa shape index (κ3) is 2.01. The molecule has 0 aromatic heterocycles. The summed E-state index contributed by atoms with van der Waals surface area (Å²) in [5.41, 5.74) is -2.03. The van der Waals surface area contributed by atoms with Gasteiger partial charge in [-0.25, -0.2) is 17.6 Å². The summed E-state index contributed by atoms with van der Waals surface area (Å²) in [7, 11) is 0. The Morgan fingerprint density at radius 1 is 0.909 bits per heavy atom. The van der Waals surface area contributed by atoms with Crippen molar-refractivity contribution in [2.24, 2.45) is 0 Å². The van der Waals surface area contributed by atoms with Gasteiger partial charge in [-0.15, -0.1) is 0 Å². The zero-order valence-corrected chi connectivity index (χ0v) is 10.1. The number of hydrogen-bond acceptors (Lipinski definition) is 2. The molecule has 1 aromatic rings. The van der Waals surface area contributed by atoms with Crippen LogP contribution >= 0.6 is 0 Å². The summed E-state index contributed by atoms with van der Waals surface area (Å²) < 4.78 is 108. The van der Waals surface area contributed by atoms with Crippen LogP contribution in [0, 0.1) is 17.5 Å². The number of aliphatic hydroxyl groups is 1. The molecule has 0 fully saturated rings. The molecule has 0 saturated carbocycles. The van der Waals surface area contributed by atoms with Crippen molar-refractivity contribution < 1.29 is 45.3 Å². The van der Waals surface area contributed by atoms with E-state index in [0.717, 1.165) is 0 Å². The molecule has 0 amide bonds. The van der Waals surface area contributed by atoms with Crippen LogP contribution in [0.25, 0.3) is 0 Å². The zero-order chi connectivity index (χ0) is 17.0. The largest absolute Gasteiger partial charge is 0.505 e. The summed E-state index contributed by atoms with van der Waals surface area (Å²) in [6, 6.07) is -0.162. The molecule has 2 nitrogen and oxygen atoms in total. The Kier molecular flexibility index (Phi) is 3.58. The molecule has 120 valence electrons. The molecule has 2 N–H and O–H groups in total. The van der Waals surface area contributed by atoms with Crippen LogP contribution in [0.4, 0.5) is 35.1 Å². The summed E-state index contributed by atoms with van der Waals surface area (Å²) in [4.78, 5) is 0. The van der Waals surface area contributed by atoms with Gasteiger partial charge in [-0.05, 0) is 0 Å². The highest BCUT2D eigenvalue weighted by atomic mass is 19.3. The summed E-state index contributed by atoms with van der Waals surface area (Å²) in [6.45, 7) is 0. The Labute approximate surface area is 116 Å². The zero-order valence-electron chi connectivity index (χ0n) is 10.1. The van der Waals surface area contributed by atoms with E-state index < -0.39 is 63.8 Å². The van der Waals surface area contributed by atoms with Crippen LogP contribution < -0.4 is 0 Å². The third-order valence-corrected chi connectivity index (χ3v) is 3.00. The molecule has 1 aromatic carbocycles. The predicted molar refractivity (Wildman–Crippen MR) is 55.7 cm³/mol. The monoisotopic (exact) mass is 332 g/mol. The molecule has 1 atom stereocenters. The van der Waals surface area contributed by atoms with Crippen LogP contribution in [0.5, 0.6) is 5.75 Å². The van der Waals surface area contributed by atoms with Gasteiger partial charge in [-0.3, -0.25) is 0 Å². The van der Waals surface area contributed by atoms with Gasteiger partial charge in [0.2, 0.25) is 11.6 Å². The second-order valence-corrected chi connectivity index (χ2v) is 4.30. The van der Waals surface area contributed by atoms with Crippen molar-refractivity contribution in [1.82, 2.24) is 0 Å². The van der Waals surface area contributed by atoms with Gasteiger partial charge >= 0.3 is 5.92 Å². The van der Waals surface area contributed by atoms with Gasteiger partial charge in [0.25, 0.3) is 0 Å². The Morgan fingerprint density at radius 2 is 1.45 bits per heavy atom. The lowest BCUT2D eigenvalue weighted by Gasteiger charge is -2.29. The molecule has 1 unspecified atom stereocenters. The van der Waals surface area contributed by atoms with E-state index in [-0.39, 0.29) is 6.07 Å². The van der Waals surface area contributed by atoms with Gasteiger partial charge in [-0.2, -0.15) is 17.6 Å². The first-order chi connectivity index (χ1) is 10.0. The van der Waals surface area contributed by atoms with E-state index >= 15 is 0 Å². The van der Waals surface area contributed by atoms with Gasteiger partial charge in [0, 0.05) is 11.6 Å². The van der Waals surface area contributed by atoms with Crippen LogP contribution in [0.15, 0.2) is 29.3 Å². The average Bonchev–Trinajstić information content (AvgIpc) is 2.44. The highest BCUT2D eigenvalue weighted by Gasteiger charge is 2.56. The van der Waals surface area contributed by atoms with Gasteiger partial charge in [0.1, 0.15) is 11.7 Å². The number of benzene rings is 1. The predicted octanol–water partition coefficient (Wildman–Crippen LogP) is 4.43. The molecule has 10 heteroatoms. The number of rotatable bonds is 1. The average molecular weight is 332 g/mol. The number of aliphatic hydroxyl groups excluding tert-OH is 1. The van der Waals surface area contributed by atoms with E-state index in [9.17, 15) is 35.1 Å². The molecular formula is C12H4F8O2. The van der Waals surface area contributed by atoms with Crippen LogP contribution in [0.2, 0.25) is 0 Å². The van der Waals surface area contributed by atoms with Crippen LogP contribution in [-0.4, -0.2) is 16.1 Å². The Bertz CT molecular complexity index is 722. The maximum absolute atomic E-state index is 13.7. The smallest absolute Gasteiger partial charge is 0.315 e. The molecule has 0 heterocycles. The maximum Gasteiger partial charge on any atom is 0.315 e. The summed E-state index contributed by atoms with van der Waals surface area (Å²) in [6.07, 6.45) is 0. The summed E-state index contributed by atoms with van der Waals surface area (Å²) >= 11 is 0. The number of aromatic hydroxyl groups is 1. The van der Waals surface area contributed by atoms with E-state index in [4.69, 9.17) is 10.2 Å². The van der Waals surface area contributed by atoms with E-state index in [1.54, 1.807) is 0 Å². The number of alkyl halides is 2. The minimum Gasteiger partial charge on any atom is -0.505 e. The van der Waals surface area contributed by atoms with Crippen molar-refractivity contribution in [1.29, 1.82) is 0 Å². The number of phenolic OH excluding ortho intramolecular Hbond substituents is 1. The van der Waals surface area contributed by atoms with Crippen molar-refractivity contribution in [3.63, 3.8) is 0 Å². The lowest BCUT2D eigenvalue weighted by molar-refractivity contribution is -0.0190. The van der Waals surface area contributed by atoms with E-state index in [2.05, 4.69) is 0 Å². The number of allylic oxidation sites excluding steroid dienone is 3. The van der Waals surface area contributed by atoms with Gasteiger partial charge in [0.05, 0.1) is 0 Å². The fourth-order valence-corrected chi connectivity index (χ4v) is 1.95. The highest BCUT2D eigenvalue weighted by Crippen LogP contribution is 2.52. The van der Waals surface area contributed by atoms with E-state index in [1.165, 1.54) is 0 Å². The highest BCUT2D eigenvalue weighted by molar-refractivity contribution is 5.46. The first-order valence-corrected chi connectivity index (χ1v) is 5.40. The molecular weight excluding hydrogens is 328 g/mol. The SMILES string of the molecule is OC1=C(F)C(F)(F)C(c2c(F)cc(O)c(F)c2F)C(F)=C1F. The first-order valence-electron chi connectivity index (χ1n) is 5.40. The molecule has 1 aliphatic carbocycles. The second kappa shape index (κ2) is 4.89. The Morgan fingerprint density at radius 3 is 2.00 bits per heavy atom. The molecule has 0 spiro atoms. The third-order valence-electron chi connectivity index (χ3n) is 3.00. The van der Waals surface area contributed by atoms with Crippen LogP contribution in [-0.2, 0) is 0 Å². The molecule has 0 bridgehead atoms. The molecule has 0 radical (unpaired) electrons. The molecule has 0 saturated heterocycles. The van der Waals surface area contributed by atoms with Crippen molar-refractivity contribution >= 4 is 0 Å². The van der Waals surface area contributed by atoms with E-state index in [0.29, 0.717) is 0 Å². The normalized spacial score (nSPS) is 21.5. The lowest BCUT2D eigenvalue weighted by Crippen LogP contribution is -2.34. The van der Waals surface area contributed by atoms with Crippen LogP contribution in [0.1, 0.15) is 11.5 Å². The maximum atomic E-state index is 13.7. The fourth-order valence-electron chi connectivity index (χ4n) is 1.95. The number of halogens is 8. The van der Waals surface area contributed by atoms with Gasteiger partial charge in [-0.1, -0.05) is 0 Å². The first kappa shape index (κ1) is 16.1. The topological polar surface area (TPSA) is 40.5 Å². The minimum atomic E-state index is -5.09. The quantitative estimate of drug-likeness (QED) is 0.590. The van der Waals surface area contributed by atoms with Crippen LogP contribution in [0.3, 0.4) is 0 Å². The summed E-state index contributed by atoms with van der Waals surface area (Å²) in [5, 5.41) is 17.5. The van der Waals surface area contributed by atoms with E-state index in [1.807, 2.05) is 0 Å². The summed E-state index contributed by atoms with van der Waals surface area (Å²) in [5.74, 6) is -27.3. The van der Waals surface area contributed by atoms with Crippen molar-refractivity contribution in [3.05, 3.63) is 52.3 Å². The standard InChI is InChI=1S/C12H4F8O2/c13-2-1-3(21)6(14)7(15)4(2)5-8(16)9(17)10(22)11(18)12(5,19)20/h1,5,21-22H. The van der Waals surface area contributed by atoms with Crippen molar-refractivity contribution in [2.75, 3.05) is 0 Å². The Hall–Kier alpha value is -2.26. The Balaban J connectivity index is 2.81. The second-order valence-electron chi connectivity index (χ2n) is 4.30. The lowest BCUT2D eigenvalue weighted by atomic mass is 9.85. The van der Waals surface area contributed by atoms with Gasteiger partial charge in [0.15, 0.2) is 29.0 Å². The molecule has 0 aliphatic heterocycles. The van der Waals surface area contributed by atoms with Crippen molar-refractivity contribution in [3.8, 4) is 5.75 Å². The molecule has 2 rings (SSSR count). The van der Waals surface area contributed by atoms with Gasteiger partial charge < -0.3 is 10.2 Å². The molecule has 22 heavy (non-hydrogen) atoms. The minimum absolute atomic E-state index is 0.162. The molecule has 1 aliphatic rings. The fraction of sp³-hybridized carbons (Fsp3) is 0.167. The van der Waals surface area contributed by atoms with Crippen molar-refractivity contribution in [2.45, 2.75) is 11.8 Å².